The van der Waals surface area contributed by atoms with Gasteiger partial charge >= 0.3 is 0 Å². The third-order valence-electron chi connectivity index (χ3n) is 2.64. The van der Waals surface area contributed by atoms with Gasteiger partial charge in [0.25, 0.3) is 10.0 Å². The van der Waals surface area contributed by atoms with Gasteiger partial charge in [-0.2, -0.15) is 0 Å². The van der Waals surface area contributed by atoms with Crippen LogP contribution in [0.25, 0.3) is 0 Å². The third kappa shape index (κ3) is 2.60. The molecule has 7 heteroatoms. The van der Waals surface area contributed by atoms with E-state index in [2.05, 4.69) is 4.98 Å². The van der Waals surface area contributed by atoms with Crippen molar-refractivity contribution in [1.82, 2.24) is 9.55 Å². The van der Waals surface area contributed by atoms with E-state index < -0.39 is 10.0 Å². The molecule has 2 unspecified atom stereocenters. The van der Waals surface area contributed by atoms with E-state index >= 15 is 0 Å². The molecule has 1 fully saturated rings. The highest BCUT2D eigenvalue weighted by molar-refractivity contribution is 7.89. The molecule has 16 heavy (non-hydrogen) atoms. The van der Waals surface area contributed by atoms with Crippen LogP contribution < -0.4 is 5.14 Å². The summed E-state index contributed by atoms with van der Waals surface area (Å²) < 4.78 is 29.3. The van der Waals surface area contributed by atoms with Crippen molar-refractivity contribution in [2.75, 3.05) is 0 Å². The molecule has 1 aliphatic rings. The van der Waals surface area contributed by atoms with Crippen LogP contribution >= 0.6 is 0 Å². The van der Waals surface area contributed by atoms with Crippen molar-refractivity contribution in [3.63, 3.8) is 0 Å². The molecule has 0 bridgehead atoms. The van der Waals surface area contributed by atoms with Crippen LogP contribution in [0, 0.1) is 0 Å². The fourth-order valence-electron chi connectivity index (χ4n) is 1.84. The van der Waals surface area contributed by atoms with E-state index in [0.717, 1.165) is 12.8 Å². The van der Waals surface area contributed by atoms with Crippen LogP contribution in [-0.2, 0) is 21.3 Å². The van der Waals surface area contributed by atoms with E-state index in [1.165, 1.54) is 12.5 Å². The standard InChI is InChI=1S/C9H15N3O3S/c1-7-2-3-8(15-7)4-12-5-9(11-6-12)16(10,13)14/h5-8H,2-4H2,1H3,(H2,10,13,14). The lowest BCUT2D eigenvalue weighted by Gasteiger charge is -2.10. The average molecular weight is 245 g/mol. The van der Waals surface area contributed by atoms with Crippen LogP contribution in [0.15, 0.2) is 17.6 Å². The summed E-state index contributed by atoms with van der Waals surface area (Å²) in [6.45, 7) is 2.65. The summed E-state index contributed by atoms with van der Waals surface area (Å²) in [5.41, 5.74) is 0. The zero-order chi connectivity index (χ0) is 11.8. The second-order valence-corrected chi connectivity index (χ2v) is 5.61. The van der Waals surface area contributed by atoms with Crippen molar-refractivity contribution in [2.24, 2.45) is 5.14 Å². The lowest BCUT2D eigenvalue weighted by Crippen LogP contribution is -2.16. The summed E-state index contributed by atoms with van der Waals surface area (Å²) in [6, 6.07) is 0. The average Bonchev–Trinajstić information content (AvgIpc) is 2.74. The normalized spacial score (nSPS) is 26.1. The molecule has 1 aromatic rings. The van der Waals surface area contributed by atoms with Gasteiger partial charge in [0.15, 0.2) is 5.03 Å². The molecule has 6 nitrogen and oxygen atoms in total. The number of ether oxygens (including phenoxy) is 1. The molecule has 0 aliphatic carbocycles. The number of nitrogens with two attached hydrogens (primary N) is 1. The molecular weight excluding hydrogens is 230 g/mol. The number of rotatable bonds is 3. The first-order valence-corrected chi connectivity index (χ1v) is 6.70. The Balaban J connectivity index is 2.03. The summed E-state index contributed by atoms with van der Waals surface area (Å²) in [5, 5.41) is 4.87. The number of nitrogens with zero attached hydrogens (tertiary/aromatic N) is 2. The van der Waals surface area contributed by atoms with Crippen LogP contribution in [0.2, 0.25) is 0 Å². The summed E-state index contributed by atoms with van der Waals surface area (Å²) >= 11 is 0. The molecule has 0 spiro atoms. The second kappa shape index (κ2) is 4.15. The molecular formula is C9H15N3O3S. The van der Waals surface area contributed by atoms with Gasteiger partial charge in [0.05, 0.1) is 18.5 Å². The maximum Gasteiger partial charge on any atom is 0.257 e. The van der Waals surface area contributed by atoms with Crippen LogP contribution in [0.4, 0.5) is 0 Å². The van der Waals surface area contributed by atoms with Crippen molar-refractivity contribution in [1.29, 1.82) is 0 Å². The predicted molar refractivity (Wildman–Crippen MR) is 57.2 cm³/mol. The zero-order valence-electron chi connectivity index (χ0n) is 9.04. The van der Waals surface area contributed by atoms with Gasteiger partial charge in [0.1, 0.15) is 0 Å². The zero-order valence-corrected chi connectivity index (χ0v) is 9.85. The van der Waals surface area contributed by atoms with Crippen molar-refractivity contribution in [3.05, 3.63) is 12.5 Å². The second-order valence-electron chi connectivity index (χ2n) is 4.10. The Morgan fingerprint density at radius 1 is 1.62 bits per heavy atom. The number of hydrogen-bond acceptors (Lipinski definition) is 4. The topological polar surface area (TPSA) is 87.2 Å². The largest absolute Gasteiger partial charge is 0.373 e. The van der Waals surface area contributed by atoms with Gasteiger partial charge in [0, 0.05) is 12.7 Å². The summed E-state index contributed by atoms with van der Waals surface area (Å²) in [7, 11) is -3.70. The van der Waals surface area contributed by atoms with E-state index in [0.29, 0.717) is 6.54 Å². The Labute approximate surface area is 94.5 Å². The fraction of sp³-hybridized carbons (Fsp3) is 0.667. The van der Waals surface area contributed by atoms with Gasteiger partial charge in [-0.05, 0) is 19.8 Å². The third-order valence-corrected chi connectivity index (χ3v) is 3.43. The van der Waals surface area contributed by atoms with E-state index in [1.807, 2.05) is 6.92 Å². The summed E-state index contributed by atoms with van der Waals surface area (Å²) in [4.78, 5) is 3.74. The smallest absolute Gasteiger partial charge is 0.257 e. The number of imidazole rings is 1. The molecule has 2 rings (SSSR count). The minimum atomic E-state index is -3.70. The minimum Gasteiger partial charge on any atom is -0.373 e. The lowest BCUT2D eigenvalue weighted by atomic mass is 10.2. The molecule has 0 amide bonds. The first-order chi connectivity index (χ1) is 7.45. The molecule has 1 aromatic heterocycles. The van der Waals surface area contributed by atoms with Crippen LogP contribution in [0.5, 0.6) is 0 Å². The van der Waals surface area contributed by atoms with Crippen LogP contribution in [0.1, 0.15) is 19.8 Å². The van der Waals surface area contributed by atoms with Gasteiger partial charge in [-0.3, -0.25) is 0 Å². The quantitative estimate of drug-likeness (QED) is 0.818. The molecule has 2 N–H and O–H groups in total. The highest BCUT2D eigenvalue weighted by atomic mass is 32.2. The Kier molecular flexibility index (Phi) is 3.00. The first kappa shape index (κ1) is 11.6. The summed E-state index contributed by atoms with van der Waals surface area (Å²) in [5.74, 6) is 0. The maximum absolute atomic E-state index is 11.0. The molecule has 0 saturated carbocycles. The van der Waals surface area contributed by atoms with Crippen molar-refractivity contribution < 1.29 is 13.2 Å². The van der Waals surface area contributed by atoms with Gasteiger partial charge in [0.2, 0.25) is 0 Å². The van der Waals surface area contributed by atoms with Crippen LogP contribution in [0.3, 0.4) is 0 Å². The van der Waals surface area contributed by atoms with E-state index in [1.54, 1.807) is 4.57 Å². The Morgan fingerprint density at radius 2 is 2.38 bits per heavy atom. The minimum absolute atomic E-state index is 0.0986. The molecule has 1 saturated heterocycles. The highest BCUT2D eigenvalue weighted by Crippen LogP contribution is 2.20. The molecule has 90 valence electrons. The first-order valence-electron chi connectivity index (χ1n) is 5.15. The molecule has 0 aromatic carbocycles. The predicted octanol–water partition coefficient (Wildman–Crippen LogP) is 0.0980. The van der Waals surface area contributed by atoms with E-state index in [-0.39, 0.29) is 17.2 Å². The Morgan fingerprint density at radius 3 is 2.88 bits per heavy atom. The fourth-order valence-corrected chi connectivity index (χ4v) is 2.32. The molecule has 1 aliphatic heterocycles. The number of aromatic nitrogens is 2. The van der Waals surface area contributed by atoms with E-state index in [9.17, 15) is 8.42 Å². The van der Waals surface area contributed by atoms with Gasteiger partial charge < -0.3 is 9.30 Å². The SMILES string of the molecule is CC1CCC(Cn2cnc(S(N)(=O)=O)c2)O1. The van der Waals surface area contributed by atoms with Crippen LogP contribution in [-0.4, -0.2) is 30.2 Å². The van der Waals surface area contributed by atoms with Gasteiger partial charge in [-0.15, -0.1) is 0 Å². The maximum atomic E-state index is 11.0. The highest BCUT2D eigenvalue weighted by Gasteiger charge is 2.22. The lowest BCUT2D eigenvalue weighted by molar-refractivity contribution is 0.0457. The van der Waals surface area contributed by atoms with Crippen molar-refractivity contribution in [3.8, 4) is 0 Å². The van der Waals surface area contributed by atoms with Gasteiger partial charge in [-0.25, -0.2) is 18.5 Å². The number of primary sulfonamides is 1. The van der Waals surface area contributed by atoms with Crippen molar-refractivity contribution in [2.45, 2.75) is 43.5 Å². The molecule has 0 radical (unpaired) electrons. The molecule has 2 heterocycles. The Bertz CT molecular complexity index is 468. The summed E-state index contributed by atoms with van der Waals surface area (Å²) in [6.07, 6.45) is 5.35. The number of sulfonamides is 1. The van der Waals surface area contributed by atoms with Crippen molar-refractivity contribution >= 4 is 10.0 Å². The molecule has 2 atom stereocenters. The number of hydrogen-bond donors (Lipinski definition) is 1. The monoisotopic (exact) mass is 245 g/mol. The Hall–Kier alpha value is -0.920. The van der Waals surface area contributed by atoms with E-state index in [4.69, 9.17) is 9.88 Å². The van der Waals surface area contributed by atoms with Gasteiger partial charge in [-0.1, -0.05) is 0 Å².